The normalized spacial score (nSPS) is 10.6. The van der Waals surface area contributed by atoms with Crippen LogP contribution in [0.15, 0.2) is 53.3 Å². The predicted molar refractivity (Wildman–Crippen MR) is 81.5 cm³/mol. The largest absolute Gasteiger partial charge is 0.478 e. The molecule has 116 valence electrons. The Morgan fingerprint density at radius 2 is 1.83 bits per heavy atom. The molecule has 7 heteroatoms. The molecule has 0 bridgehead atoms. The summed E-state index contributed by atoms with van der Waals surface area (Å²) < 4.78 is 5.18. The number of carboxylic acid groups (broad SMARTS) is 1. The minimum absolute atomic E-state index is 0.219. The zero-order chi connectivity index (χ0) is 16.1. The van der Waals surface area contributed by atoms with Gasteiger partial charge >= 0.3 is 5.97 Å². The van der Waals surface area contributed by atoms with Crippen molar-refractivity contribution in [2.24, 2.45) is 0 Å². The Kier molecular flexibility index (Phi) is 4.39. The van der Waals surface area contributed by atoms with E-state index in [0.29, 0.717) is 30.4 Å². The molecule has 2 heterocycles. The number of hydrogen-bond donors (Lipinski definition) is 2. The van der Waals surface area contributed by atoms with Crippen LogP contribution in [0, 0.1) is 0 Å². The van der Waals surface area contributed by atoms with Crippen molar-refractivity contribution >= 4 is 5.97 Å². The zero-order valence-corrected chi connectivity index (χ0v) is 12.1. The summed E-state index contributed by atoms with van der Waals surface area (Å²) in [5.74, 6) is -0.0651. The molecule has 0 aliphatic carbocycles. The molecule has 3 aromatic rings. The first-order chi connectivity index (χ1) is 11.2. The fraction of sp³-hybridized carbons (Fsp3) is 0.125. The number of pyridine rings is 1. The van der Waals surface area contributed by atoms with Crippen LogP contribution in [0.1, 0.15) is 21.8 Å². The van der Waals surface area contributed by atoms with E-state index in [2.05, 4.69) is 20.4 Å². The third-order valence-corrected chi connectivity index (χ3v) is 3.21. The number of carbonyl (C=O) groups is 1. The Hall–Kier alpha value is -3.06. The van der Waals surface area contributed by atoms with Crippen LogP contribution in [0.25, 0.3) is 11.4 Å². The number of carboxylic acids is 1. The molecule has 0 radical (unpaired) electrons. The van der Waals surface area contributed by atoms with Crippen LogP contribution in [-0.4, -0.2) is 26.2 Å². The lowest BCUT2D eigenvalue weighted by atomic mass is 10.1. The highest BCUT2D eigenvalue weighted by Crippen LogP contribution is 2.16. The number of benzene rings is 1. The molecule has 0 fully saturated rings. The fourth-order valence-electron chi connectivity index (χ4n) is 2.02. The first kappa shape index (κ1) is 14.9. The second kappa shape index (κ2) is 6.80. The molecule has 0 unspecified atom stereocenters. The molecular formula is C16H14N4O3. The minimum Gasteiger partial charge on any atom is -0.478 e. The van der Waals surface area contributed by atoms with Gasteiger partial charge < -0.3 is 14.9 Å². The summed E-state index contributed by atoms with van der Waals surface area (Å²) in [5, 5.41) is 16.0. The van der Waals surface area contributed by atoms with Crippen molar-refractivity contribution in [3.05, 3.63) is 65.8 Å². The number of aromatic carboxylic acids is 1. The van der Waals surface area contributed by atoms with Crippen LogP contribution in [-0.2, 0) is 13.1 Å². The van der Waals surface area contributed by atoms with Gasteiger partial charge in [-0.1, -0.05) is 17.3 Å². The van der Waals surface area contributed by atoms with Gasteiger partial charge in [-0.3, -0.25) is 4.98 Å². The van der Waals surface area contributed by atoms with Crippen LogP contribution in [0.2, 0.25) is 0 Å². The van der Waals surface area contributed by atoms with E-state index in [1.54, 1.807) is 24.5 Å². The zero-order valence-electron chi connectivity index (χ0n) is 12.1. The van der Waals surface area contributed by atoms with Gasteiger partial charge in [0.15, 0.2) is 0 Å². The van der Waals surface area contributed by atoms with Gasteiger partial charge in [-0.15, -0.1) is 0 Å². The van der Waals surface area contributed by atoms with Crippen LogP contribution in [0.4, 0.5) is 0 Å². The van der Waals surface area contributed by atoms with Crippen LogP contribution in [0.5, 0.6) is 0 Å². The van der Waals surface area contributed by atoms with Crippen LogP contribution in [0.3, 0.4) is 0 Å². The Labute approximate surface area is 132 Å². The molecule has 0 aliphatic rings. The number of aromatic nitrogens is 3. The lowest BCUT2D eigenvalue weighted by molar-refractivity contribution is 0.0697. The van der Waals surface area contributed by atoms with Gasteiger partial charge in [-0.25, -0.2) is 4.79 Å². The fourth-order valence-corrected chi connectivity index (χ4v) is 2.02. The first-order valence-electron chi connectivity index (χ1n) is 6.98. The standard InChI is InChI=1S/C16H14N4O3/c21-16(22)13-3-1-12(2-4-13)15-19-14(23-20-15)10-18-9-11-5-7-17-8-6-11/h1-8,18H,9-10H2,(H,21,22). The van der Waals surface area contributed by atoms with E-state index in [4.69, 9.17) is 9.63 Å². The van der Waals surface area contributed by atoms with Gasteiger partial charge in [0.1, 0.15) is 0 Å². The van der Waals surface area contributed by atoms with E-state index in [-0.39, 0.29) is 5.56 Å². The van der Waals surface area contributed by atoms with Gasteiger partial charge in [0.2, 0.25) is 11.7 Å². The third-order valence-electron chi connectivity index (χ3n) is 3.21. The van der Waals surface area contributed by atoms with Crippen molar-refractivity contribution < 1.29 is 14.4 Å². The summed E-state index contributed by atoms with van der Waals surface area (Å²) in [5.41, 5.74) is 2.04. The molecule has 2 aromatic heterocycles. The summed E-state index contributed by atoms with van der Waals surface area (Å²) >= 11 is 0. The maximum Gasteiger partial charge on any atom is 0.335 e. The maximum atomic E-state index is 10.8. The molecule has 0 saturated heterocycles. The van der Waals surface area contributed by atoms with Gasteiger partial charge in [0, 0.05) is 24.5 Å². The molecule has 23 heavy (non-hydrogen) atoms. The second-order valence-corrected chi connectivity index (χ2v) is 4.85. The molecule has 7 nitrogen and oxygen atoms in total. The van der Waals surface area contributed by atoms with Crippen molar-refractivity contribution in [3.8, 4) is 11.4 Å². The van der Waals surface area contributed by atoms with Crippen molar-refractivity contribution in [1.82, 2.24) is 20.4 Å². The Morgan fingerprint density at radius 3 is 2.52 bits per heavy atom. The SMILES string of the molecule is O=C(O)c1ccc(-c2noc(CNCc3ccncc3)n2)cc1. The van der Waals surface area contributed by atoms with Gasteiger partial charge in [0.05, 0.1) is 12.1 Å². The topological polar surface area (TPSA) is 101 Å². The van der Waals surface area contributed by atoms with Gasteiger partial charge in [0.25, 0.3) is 0 Å². The molecule has 0 atom stereocenters. The third kappa shape index (κ3) is 3.78. The molecule has 0 saturated carbocycles. The summed E-state index contributed by atoms with van der Waals surface area (Å²) in [7, 11) is 0. The lowest BCUT2D eigenvalue weighted by Gasteiger charge is -2.00. The number of rotatable bonds is 6. The van der Waals surface area contributed by atoms with Crippen molar-refractivity contribution in [1.29, 1.82) is 0 Å². The van der Waals surface area contributed by atoms with E-state index >= 15 is 0 Å². The monoisotopic (exact) mass is 310 g/mol. The quantitative estimate of drug-likeness (QED) is 0.719. The van der Waals surface area contributed by atoms with Crippen molar-refractivity contribution in [3.63, 3.8) is 0 Å². The molecule has 2 N–H and O–H groups in total. The predicted octanol–water partition coefficient (Wildman–Crippen LogP) is 2.12. The second-order valence-electron chi connectivity index (χ2n) is 4.85. The number of nitrogens with zero attached hydrogens (tertiary/aromatic N) is 3. The Bertz CT molecular complexity index is 785. The van der Waals surface area contributed by atoms with E-state index in [0.717, 1.165) is 5.56 Å². The molecule has 1 aromatic carbocycles. The highest BCUT2D eigenvalue weighted by atomic mass is 16.5. The van der Waals surface area contributed by atoms with Crippen molar-refractivity contribution in [2.45, 2.75) is 13.1 Å². The lowest BCUT2D eigenvalue weighted by Crippen LogP contribution is -2.12. The smallest absolute Gasteiger partial charge is 0.335 e. The van der Waals surface area contributed by atoms with Gasteiger partial charge in [-0.05, 0) is 29.8 Å². The van der Waals surface area contributed by atoms with E-state index in [1.807, 2.05) is 12.1 Å². The Morgan fingerprint density at radius 1 is 1.09 bits per heavy atom. The molecule has 0 amide bonds. The van der Waals surface area contributed by atoms with E-state index in [9.17, 15) is 4.79 Å². The van der Waals surface area contributed by atoms with E-state index in [1.165, 1.54) is 12.1 Å². The molecule has 0 spiro atoms. The van der Waals surface area contributed by atoms with Crippen LogP contribution >= 0.6 is 0 Å². The molecule has 0 aliphatic heterocycles. The maximum absolute atomic E-state index is 10.8. The number of hydrogen-bond acceptors (Lipinski definition) is 6. The Balaban J connectivity index is 1.60. The van der Waals surface area contributed by atoms with E-state index < -0.39 is 5.97 Å². The minimum atomic E-state index is -0.967. The van der Waals surface area contributed by atoms with Crippen LogP contribution < -0.4 is 5.32 Å². The summed E-state index contributed by atoms with van der Waals surface area (Å²) in [6.45, 7) is 1.12. The van der Waals surface area contributed by atoms with Crippen molar-refractivity contribution in [2.75, 3.05) is 0 Å². The average molecular weight is 310 g/mol. The number of nitrogens with one attached hydrogen (secondary N) is 1. The highest BCUT2D eigenvalue weighted by Gasteiger charge is 2.09. The first-order valence-corrected chi connectivity index (χ1v) is 6.98. The average Bonchev–Trinajstić information content (AvgIpc) is 3.05. The summed E-state index contributed by atoms with van der Waals surface area (Å²) in [6.07, 6.45) is 3.48. The highest BCUT2D eigenvalue weighted by molar-refractivity contribution is 5.88. The summed E-state index contributed by atoms with van der Waals surface area (Å²) in [6, 6.07) is 10.2. The molecule has 3 rings (SSSR count). The summed E-state index contributed by atoms with van der Waals surface area (Å²) in [4.78, 5) is 19.1. The van der Waals surface area contributed by atoms with Gasteiger partial charge in [-0.2, -0.15) is 4.98 Å². The molecular weight excluding hydrogens is 296 g/mol.